The molecule has 2 heteroatoms. The fourth-order valence-corrected chi connectivity index (χ4v) is 6.49. The van der Waals surface area contributed by atoms with Crippen molar-refractivity contribution in [2.45, 2.75) is 20.3 Å². The number of aromatic nitrogens is 2. The summed E-state index contributed by atoms with van der Waals surface area (Å²) < 4.78 is 2.28. The van der Waals surface area contributed by atoms with Gasteiger partial charge in [0.1, 0.15) is 5.82 Å². The number of hydrogen-bond acceptors (Lipinski definition) is 1. The third kappa shape index (κ3) is 4.75. The molecule has 0 aliphatic heterocycles. The Kier molecular flexibility index (Phi) is 7.25. The van der Waals surface area contributed by atoms with Gasteiger partial charge in [0, 0.05) is 12.1 Å². The van der Waals surface area contributed by atoms with E-state index in [1.165, 1.54) is 54.9 Å². The van der Waals surface area contributed by atoms with Crippen molar-refractivity contribution < 1.29 is 0 Å². The zero-order valence-electron chi connectivity index (χ0n) is 25.2. The van der Waals surface area contributed by atoms with Crippen LogP contribution >= 0.6 is 0 Å². The first-order valence-corrected chi connectivity index (χ1v) is 15.3. The quantitative estimate of drug-likeness (QED) is 0.139. The maximum atomic E-state index is 4.91. The standard InChI is InChI=1S/C42H34N2/c1-4-6-23-39-29(3)43-40(5-2)44(39)34-18-14-17-33(28-34)42-37-21-12-10-19-35(37)41(36-20-11-13-22-38(36)42)32-26-24-31(25-27-32)30-15-8-7-9-16-30/h4,6-28H,1,5H2,2-3H3/b23-6-. The van der Waals surface area contributed by atoms with Crippen LogP contribution < -0.4 is 0 Å². The molecule has 0 fully saturated rings. The Bertz CT molecular complexity index is 2110. The van der Waals surface area contributed by atoms with Gasteiger partial charge in [0.2, 0.25) is 0 Å². The molecule has 44 heavy (non-hydrogen) atoms. The summed E-state index contributed by atoms with van der Waals surface area (Å²) in [6.07, 6.45) is 6.74. The van der Waals surface area contributed by atoms with Crippen molar-refractivity contribution in [2.24, 2.45) is 0 Å². The number of aryl methyl sites for hydroxylation is 2. The first-order valence-electron chi connectivity index (χ1n) is 15.3. The van der Waals surface area contributed by atoms with E-state index in [0.29, 0.717) is 0 Å². The van der Waals surface area contributed by atoms with E-state index in [1.807, 2.05) is 12.2 Å². The van der Waals surface area contributed by atoms with Gasteiger partial charge < -0.3 is 0 Å². The summed E-state index contributed by atoms with van der Waals surface area (Å²) >= 11 is 0. The van der Waals surface area contributed by atoms with E-state index in [4.69, 9.17) is 4.98 Å². The molecule has 0 radical (unpaired) electrons. The van der Waals surface area contributed by atoms with Crippen LogP contribution in [0.5, 0.6) is 0 Å². The van der Waals surface area contributed by atoms with Crippen molar-refractivity contribution in [1.29, 1.82) is 0 Å². The van der Waals surface area contributed by atoms with Gasteiger partial charge in [-0.3, -0.25) is 4.57 Å². The van der Waals surface area contributed by atoms with Gasteiger partial charge in [0.05, 0.1) is 11.4 Å². The molecule has 1 aromatic heterocycles. The largest absolute Gasteiger partial charge is 0.297 e. The number of allylic oxidation sites excluding steroid dienone is 2. The Hall–Kier alpha value is -5.47. The highest BCUT2D eigenvalue weighted by Crippen LogP contribution is 2.44. The molecule has 0 aliphatic rings. The summed E-state index contributed by atoms with van der Waals surface area (Å²) in [4.78, 5) is 4.91. The Morgan fingerprint density at radius 3 is 1.73 bits per heavy atom. The van der Waals surface area contributed by atoms with Crippen molar-refractivity contribution in [3.8, 4) is 39.1 Å². The molecule has 212 valence electrons. The first kappa shape index (κ1) is 27.4. The van der Waals surface area contributed by atoms with Gasteiger partial charge in [-0.15, -0.1) is 0 Å². The molecule has 0 aliphatic carbocycles. The van der Waals surface area contributed by atoms with Gasteiger partial charge >= 0.3 is 0 Å². The van der Waals surface area contributed by atoms with Crippen LogP contribution in [0.25, 0.3) is 66.7 Å². The molecule has 0 atom stereocenters. The molecule has 0 bridgehead atoms. The number of imidazole rings is 1. The van der Waals surface area contributed by atoms with Crippen molar-refractivity contribution in [3.05, 3.63) is 163 Å². The van der Waals surface area contributed by atoms with Gasteiger partial charge in [-0.2, -0.15) is 0 Å². The second kappa shape index (κ2) is 11.7. The molecule has 0 N–H and O–H groups in total. The summed E-state index contributed by atoms with van der Waals surface area (Å²) in [5.41, 5.74) is 10.6. The molecular formula is C42H34N2. The van der Waals surface area contributed by atoms with Crippen LogP contribution in [0.3, 0.4) is 0 Å². The molecule has 2 nitrogen and oxygen atoms in total. The number of hydrogen-bond donors (Lipinski definition) is 0. The van der Waals surface area contributed by atoms with Crippen LogP contribution in [0.4, 0.5) is 0 Å². The summed E-state index contributed by atoms with van der Waals surface area (Å²) in [5, 5.41) is 4.99. The van der Waals surface area contributed by atoms with Gasteiger partial charge in [-0.05, 0) is 80.1 Å². The molecule has 7 aromatic rings. The van der Waals surface area contributed by atoms with Crippen molar-refractivity contribution in [3.63, 3.8) is 0 Å². The zero-order chi connectivity index (χ0) is 30.0. The number of nitrogens with zero attached hydrogens (tertiary/aromatic N) is 2. The molecule has 1 heterocycles. The van der Waals surface area contributed by atoms with Crippen LogP contribution in [0.15, 0.2) is 146 Å². The molecular weight excluding hydrogens is 532 g/mol. The highest BCUT2D eigenvalue weighted by molar-refractivity contribution is 6.21. The lowest BCUT2D eigenvalue weighted by atomic mass is 9.85. The maximum Gasteiger partial charge on any atom is 0.113 e. The van der Waals surface area contributed by atoms with Crippen LogP contribution in [-0.2, 0) is 6.42 Å². The fraction of sp³-hybridized carbons (Fsp3) is 0.0714. The fourth-order valence-electron chi connectivity index (χ4n) is 6.49. The Morgan fingerprint density at radius 1 is 0.614 bits per heavy atom. The van der Waals surface area contributed by atoms with Crippen LogP contribution in [0.2, 0.25) is 0 Å². The lowest BCUT2D eigenvalue weighted by Crippen LogP contribution is -2.02. The lowest BCUT2D eigenvalue weighted by molar-refractivity contribution is 0.886. The van der Waals surface area contributed by atoms with Crippen molar-refractivity contribution in [2.75, 3.05) is 0 Å². The molecule has 0 spiro atoms. The van der Waals surface area contributed by atoms with Gasteiger partial charge in [-0.1, -0.05) is 141 Å². The minimum absolute atomic E-state index is 0.844. The maximum absolute atomic E-state index is 4.91. The Balaban J connectivity index is 1.45. The zero-order valence-corrected chi connectivity index (χ0v) is 25.2. The number of benzene rings is 6. The monoisotopic (exact) mass is 566 g/mol. The van der Waals surface area contributed by atoms with Crippen molar-refractivity contribution >= 4 is 27.6 Å². The van der Waals surface area contributed by atoms with E-state index in [2.05, 4.69) is 158 Å². The SMILES string of the molecule is C=C/C=C\c1c(C)nc(CC)n1-c1cccc(-c2c3ccccc3c(-c3ccc(-c4ccccc4)cc3)c3ccccc23)c1. The third-order valence-corrected chi connectivity index (χ3v) is 8.48. The van der Waals surface area contributed by atoms with E-state index in [9.17, 15) is 0 Å². The smallest absolute Gasteiger partial charge is 0.113 e. The average molecular weight is 567 g/mol. The predicted molar refractivity (Wildman–Crippen MR) is 188 cm³/mol. The number of fused-ring (bicyclic) bond motifs is 2. The third-order valence-electron chi connectivity index (χ3n) is 8.48. The minimum atomic E-state index is 0.844. The van der Waals surface area contributed by atoms with Gasteiger partial charge in [0.25, 0.3) is 0 Å². The normalized spacial score (nSPS) is 11.5. The van der Waals surface area contributed by atoms with E-state index in [1.54, 1.807) is 0 Å². The highest BCUT2D eigenvalue weighted by atomic mass is 15.1. The summed E-state index contributed by atoms with van der Waals surface area (Å²) in [6.45, 7) is 8.12. The number of rotatable bonds is 7. The minimum Gasteiger partial charge on any atom is -0.297 e. The molecule has 6 aromatic carbocycles. The summed E-state index contributed by atoms with van der Waals surface area (Å²) in [6, 6.07) is 46.2. The van der Waals surface area contributed by atoms with Gasteiger partial charge in [-0.25, -0.2) is 4.98 Å². The Morgan fingerprint density at radius 2 is 1.14 bits per heavy atom. The molecule has 0 saturated carbocycles. The second-order valence-electron chi connectivity index (χ2n) is 11.1. The van der Waals surface area contributed by atoms with E-state index in [0.717, 1.165) is 29.3 Å². The van der Waals surface area contributed by atoms with Crippen LogP contribution in [-0.4, -0.2) is 9.55 Å². The lowest BCUT2D eigenvalue weighted by Gasteiger charge is -2.19. The van der Waals surface area contributed by atoms with E-state index in [-0.39, 0.29) is 0 Å². The average Bonchev–Trinajstić information content (AvgIpc) is 3.41. The highest BCUT2D eigenvalue weighted by Gasteiger charge is 2.18. The molecule has 0 saturated heterocycles. The van der Waals surface area contributed by atoms with Crippen LogP contribution in [0, 0.1) is 6.92 Å². The van der Waals surface area contributed by atoms with E-state index < -0.39 is 0 Å². The van der Waals surface area contributed by atoms with Crippen molar-refractivity contribution in [1.82, 2.24) is 9.55 Å². The van der Waals surface area contributed by atoms with E-state index >= 15 is 0 Å². The van der Waals surface area contributed by atoms with Crippen LogP contribution in [0.1, 0.15) is 24.1 Å². The Labute approximate surface area is 259 Å². The topological polar surface area (TPSA) is 17.8 Å². The predicted octanol–water partition coefficient (Wildman–Crippen LogP) is 11.2. The molecule has 0 unspecified atom stereocenters. The first-order chi connectivity index (χ1) is 21.7. The summed E-state index contributed by atoms with van der Waals surface area (Å²) in [7, 11) is 0. The second-order valence-corrected chi connectivity index (χ2v) is 11.1. The molecule has 7 rings (SSSR count). The molecule has 0 amide bonds. The summed E-state index contributed by atoms with van der Waals surface area (Å²) in [5.74, 6) is 1.05. The van der Waals surface area contributed by atoms with Gasteiger partial charge in [0.15, 0.2) is 0 Å².